The number of nitrogens with one attached hydrogen (secondary N) is 1. The van der Waals surface area contributed by atoms with Crippen molar-refractivity contribution in [3.8, 4) is 17.4 Å². The minimum Gasteiger partial charge on any atom is -0.487 e. The summed E-state index contributed by atoms with van der Waals surface area (Å²) in [7, 11) is 0. The number of hydrogen-bond donors (Lipinski definition) is 2. The zero-order valence-corrected chi connectivity index (χ0v) is 13.8. The molecule has 6 nitrogen and oxygen atoms in total. The summed E-state index contributed by atoms with van der Waals surface area (Å²) in [5, 5.41) is 20.9. The molecular formula is C16H20ClN3O3. The molecule has 0 aliphatic rings. The number of ether oxygens (including phenoxy) is 2. The van der Waals surface area contributed by atoms with Gasteiger partial charge in [0.15, 0.2) is 16.7 Å². The van der Waals surface area contributed by atoms with E-state index in [1.165, 1.54) is 0 Å². The van der Waals surface area contributed by atoms with Gasteiger partial charge in [0.25, 0.3) is 0 Å². The number of nitrogens with zero attached hydrogens (tertiary/aromatic N) is 2. The molecule has 1 aromatic carbocycles. The van der Waals surface area contributed by atoms with Gasteiger partial charge in [-0.05, 0) is 18.2 Å². The van der Waals surface area contributed by atoms with Crippen LogP contribution in [0.4, 0.5) is 0 Å². The second-order valence-corrected chi connectivity index (χ2v) is 5.66. The van der Waals surface area contributed by atoms with Crippen LogP contribution in [0.1, 0.15) is 13.8 Å². The lowest BCUT2D eigenvalue weighted by Crippen LogP contribution is -2.35. The zero-order chi connectivity index (χ0) is 16.7. The molecule has 2 rings (SSSR count). The van der Waals surface area contributed by atoms with E-state index in [0.29, 0.717) is 35.1 Å². The van der Waals surface area contributed by atoms with Gasteiger partial charge in [0, 0.05) is 18.7 Å². The molecule has 0 aliphatic carbocycles. The van der Waals surface area contributed by atoms with Crippen molar-refractivity contribution in [2.75, 3.05) is 13.2 Å². The minimum absolute atomic E-state index is 0.159. The fraction of sp³-hybridized carbons (Fsp3) is 0.375. The molecule has 7 heteroatoms. The van der Waals surface area contributed by atoms with E-state index in [2.05, 4.69) is 15.5 Å². The lowest BCUT2D eigenvalue weighted by molar-refractivity contribution is 0.103. The van der Waals surface area contributed by atoms with Crippen molar-refractivity contribution in [1.82, 2.24) is 15.5 Å². The monoisotopic (exact) mass is 337 g/mol. The van der Waals surface area contributed by atoms with Gasteiger partial charge < -0.3 is 19.9 Å². The fourth-order valence-electron chi connectivity index (χ4n) is 1.74. The van der Waals surface area contributed by atoms with Crippen LogP contribution in [0.25, 0.3) is 0 Å². The number of benzene rings is 1. The second kappa shape index (κ2) is 8.67. The molecule has 0 bridgehead atoms. The van der Waals surface area contributed by atoms with Crippen molar-refractivity contribution in [2.24, 2.45) is 0 Å². The summed E-state index contributed by atoms with van der Waals surface area (Å²) in [6.07, 6.45) is -0.610. The molecular weight excluding hydrogens is 318 g/mol. The van der Waals surface area contributed by atoms with E-state index in [-0.39, 0.29) is 6.61 Å². The molecule has 0 amide bonds. The number of aliphatic hydroxyl groups is 1. The third kappa shape index (κ3) is 6.02. The molecule has 0 saturated heterocycles. The largest absolute Gasteiger partial charge is 0.487 e. The number of aromatic nitrogens is 2. The highest BCUT2D eigenvalue weighted by molar-refractivity contribution is 6.29. The van der Waals surface area contributed by atoms with Gasteiger partial charge >= 0.3 is 0 Å². The van der Waals surface area contributed by atoms with E-state index >= 15 is 0 Å². The van der Waals surface area contributed by atoms with Gasteiger partial charge in [-0.2, -0.15) is 0 Å². The van der Waals surface area contributed by atoms with E-state index in [1.54, 1.807) is 24.3 Å². The SMILES string of the molecule is CC(C)NCC(O)COc1ccccc1Oc1ccc(Cl)nn1. The Morgan fingerprint density at radius 1 is 1.13 bits per heavy atom. The smallest absolute Gasteiger partial charge is 0.239 e. The maximum Gasteiger partial charge on any atom is 0.239 e. The maximum absolute atomic E-state index is 9.91. The Kier molecular flexibility index (Phi) is 6.58. The van der Waals surface area contributed by atoms with E-state index in [1.807, 2.05) is 26.0 Å². The van der Waals surface area contributed by atoms with Crippen molar-refractivity contribution >= 4 is 11.6 Å². The molecule has 2 N–H and O–H groups in total. The molecule has 1 atom stereocenters. The highest BCUT2D eigenvalue weighted by atomic mass is 35.5. The number of para-hydroxylation sites is 2. The molecule has 1 heterocycles. The van der Waals surface area contributed by atoms with E-state index in [4.69, 9.17) is 21.1 Å². The molecule has 2 aromatic rings. The Balaban J connectivity index is 1.96. The van der Waals surface area contributed by atoms with Crippen LogP contribution < -0.4 is 14.8 Å². The average Bonchev–Trinajstić information content (AvgIpc) is 2.54. The summed E-state index contributed by atoms with van der Waals surface area (Å²) in [5.74, 6) is 1.33. The Labute approximate surface area is 140 Å². The summed E-state index contributed by atoms with van der Waals surface area (Å²) >= 11 is 5.69. The normalized spacial score (nSPS) is 12.2. The van der Waals surface area contributed by atoms with Crippen LogP contribution in [0.2, 0.25) is 5.15 Å². The predicted molar refractivity (Wildman–Crippen MR) is 88.2 cm³/mol. The summed E-state index contributed by atoms with van der Waals surface area (Å²) in [6.45, 7) is 4.66. The van der Waals surface area contributed by atoms with Gasteiger partial charge in [-0.3, -0.25) is 0 Å². The van der Waals surface area contributed by atoms with Crippen LogP contribution in [0.15, 0.2) is 36.4 Å². The topological polar surface area (TPSA) is 76.5 Å². The second-order valence-electron chi connectivity index (χ2n) is 5.27. The fourth-order valence-corrected chi connectivity index (χ4v) is 1.84. The quantitative estimate of drug-likeness (QED) is 0.771. The lowest BCUT2D eigenvalue weighted by atomic mass is 10.3. The Morgan fingerprint density at radius 2 is 1.87 bits per heavy atom. The van der Waals surface area contributed by atoms with Crippen LogP contribution >= 0.6 is 11.6 Å². The van der Waals surface area contributed by atoms with Gasteiger partial charge in [0.1, 0.15) is 12.7 Å². The number of halogens is 1. The van der Waals surface area contributed by atoms with Gasteiger partial charge in [0.2, 0.25) is 5.88 Å². The van der Waals surface area contributed by atoms with E-state index < -0.39 is 6.10 Å². The highest BCUT2D eigenvalue weighted by Crippen LogP contribution is 2.30. The minimum atomic E-state index is -0.610. The maximum atomic E-state index is 9.91. The van der Waals surface area contributed by atoms with E-state index in [0.717, 1.165) is 0 Å². The zero-order valence-electron chi connectivity index (χ0n) is 13.1. The molecule has 1 unspecified atom stereocenters. The standard InChI is InChI=1S/C16H20ClN3O3/c1-11(2)18-9-12(21)10-22-13-5-3-4-6-14(13)23-16-8-7-15(17)19-20-16/h3-8,11-12,18,21H,9-10H2,1-2H3. The first kappa shape index (κ1) is 17.5. The summed E-state index contributed by atoms with van der Waals surface area (Å²) in [4.78, 5) is 0. The number of hydrogen-bond acceptors (Lipinski definition) is 6. The first-order valence-electron chi connectivity index (χ1n) is 7.35. The third-order valence-electron chi connectivity index (χ3n) is 2.86. The van der Waals surface area contributed by atoms with Crippen molar-refractivity contribution in [1.29, 1.82) is 0 Å². The Morgan fingerprint density at radius 3 is 2.52 bits per heavy atom. The highest BCUT2D eigenvalue weighted by Gasteiger charge is 2.10. The summed E-state index contributed by atoms with van der Waals surface area (Å²) < 4.78 is 11.3. The first-order chi connectivity index (χ1) is 11.0. The summed E-state index contributed by atoms with van der Waals surface area (Å²) in [6, 6.07) is 10.7. The molecule has 0 saturated carbocycles. The molecule has 1 aromatic heterocycles. The first-order valence-corrected chi connectivity index (χ1v) is 7.72. The van der Waals surface area contributed by atoms with Gasteiger partial charge in [-0.15, -0.1) is 10.2 Å². The van der Waals surface area contributed by atoms with Gasteiger partial charge in [-0.1, -0.05) is 37.6 Å². The molecule has 0 radical (unpaired) electrons. The summed E-state index contributed by atoms with van der Waals surface area (Å²) in [5.41, 5.74) is 0. The van der Waals surface area contributed by atoms with Crippen LogP contribution in [0.5, 0.6) is 17.4 Å². The van der Waals surface area contributed by atoms with Crippen molar-refractivity contribution in [3.63, 3.8) is 0 Å². The Bertz CT molecular complexity index is 608. The number of aliphatic hydroxyl groups excluding tert-OH is 1. The van der Waals surface area contributed by atoms with Crippen LogP contribution in [-0.4, -0.2) is 40.6 Å². The van der Waals surface area contributed by atoms with Crippen LogP contribution in [0.3, 0.4) is 0 Å². The molecule has 124 valence electrons. The molecule has 0 fully saturated rings. The van der Waals surface area contributed by atoms with Crippen molar-refractivity contribution < 1.29 is 14.6 Å². The van der Waals surface area contributed by atoms with E-state index in [9.17, 15) is 5.11 Å². The third-order valence-corrected chi connectivity index (χ3v) is 3.07. The van der Waals surface area contributed by atoms with Crippen molar-refractivity contribution in [2.45, 2.75) is 26.0 Å². The van der Waals surface area contributed by atoms with Crippen LogP contribution in [0, 0.1) is 0 Å². The van der Waals surface area contributed by atoms with Gasteiger partial charge in [0.05, 0.1) is 0 Å². The molecule has 23 heavy (non-hydrogen) atoms. The molecule has 0 spiro atoms. The Hall–Kier alpha value is -1.89. The lowest BCUT2D eigenvalue weighted by Gasteiger charge is -2.16. The van der Waals surface area contributed by atoms with Crippen molar-refractivity contribution in [3.05, 3.63) is 41.6 Å². The van der Waals surface area contributed by atoms with Crippen LogP contribution in [-0.2, 0) is 0 Å². The average molecular weight is 338 g/mol. The molecule has 0 aliphatic heterocycles. The number of rotatable bonds is 8. The van der Waals surface area contributed by atoms with Gasteiger partial charge in [-0.25, -0.2) is 0 Å². The predicted octanol–water partition coefficient (Wildman–Crippen LogP) is 2.66.